The van der Waals surface area contributed by atoms with Crippen LogP contribution in [0.1, 0.15) is 37.1 Å². The van der Waals surface area contributed by atoms with Crippen LogP contribution in [-0.4, -0.2) is 22.4 Å². The van der Waals surface area contributed by atoms with E-state index in [1.807, 2.05) is 11.7 Å². The van der Waals surface area contributed by atoms with Crippen molar-refractivity contribution in [2.24, 2.45) is 7.05 Å². The summed E-state index contributed by atoms with van der Waals surface area (Å²) in [5.74, 6) is 0.573. The first-order valence-corrected chi connectivity index (χ1v) is 5.42. The van der Waals surface area contributed by atoms with Crippen LogP contribution >= 0.6 is 0 Å². The lowest BCUT2D eigenvalue weighted by Crippen LogP contribution is -2.28. The third kappa shape index (κ3) is 1.69. The maximum Gasteiger partial charge on any atom is 0.0596 e. The Labute approximate surface area is 85.5 Å². The van der Waals surface area contributed by atoms with E-state index in [1.165, 1.54) is 25.1 Å². The molecule has 1 aliphatic rings. The van der Waals surface area contributed by atoms with Gasteiger partial charge >= 0.3 is 0 Å². The van der Waals surface area contributed by atoms with Crippen molar-refractivity contribution in [1.29, 1.82) is 0 Å². The summed E-state index contributed by atoms with van der Waals surface area (Å²) >= 11 is 0. The fourth-order valence-electron chi connectivity index (χ4n) is 2.40. The molecule has 0 radical (unpaired) electrons. The second-order valence-corrected chi connectivity index (χ2v) is 4.33. The average Bonchev–Trinajstić information content (AvgIpc) is 2.73. The monoisotopic (exact) mass is 193 g/mol. The molecule has 1 aromatic heterocycles. The number of rotatable bonds is 2. The predicted octanol–water partition coefficient (Wildman–Crippen LogP) is 1.58. The lowest BCUT2D eigenvalue weighted by Gasteiger charge is -2.19. The highest BCUT2D eigenvalue weighted by Gasteiger charge is 2.24. The minimum absolute atomic E-state index is 0.573. The molecule has 2 rings (SSSR count). The Morgan fingerprint density at radius 2 is 2.43 bits per heavy atom. The van der Waals surface area contributed by atoms with Crippen molar-refractivity contribution in [3.05, 3.63) is 17.5 Å². The molecule has 1 saturated heterocycles. The quantitative estimate of drug-likeness (QED) is 0.773. The Morgan fingerprint density at radius 3 is 2.93 bits per heavy atom. The van der Waals surface area contributed by atoms with Gasteiger partial charge in [-0.15, -0.1) is 0 Å². The van der Waals surface area contributed by atoms with Gasteiger partial charge in [-0.1, -0.05) is 6.92 Å². The van der Waals surface area contributed by atoms with Crippen LogP contribution in [0.5, 0.6) is 0 Å². The summed E-state index contributed by atoms with van der Waals surface area (Å²) in [5, 5.41) is 7.94. The number of hydrogen-bond acceptors (Lipinski definition) is 2. The van der Waals surface area contributed by atoms with Gasteiger partial charge in [0.05, 0.1) is 5.69 Å². The predicted molar refractivity (Wildman–Crippen MR) is 57.4 cm³/mol. The second kappa shape index (κ2) is 3.73. The highest BCUT2D eigenvalue weighted by atomic mass is 15.3. The standard InChI is InChI=1S/C11H19N3/c1-8-7-11(14(3)13-8)9(2)10-5-4-6-12-10/h7,9-10,12H,4-6H2,1-3H3. The number of nitrogens with one attached hydrogen (secondary N) is 1. The summed E-state index contributed by atoms with van der Waals surface area (Å²) in [6, 6.07) is 2.84. The molecule has 78 valence electrons. The summed E-state index contributed by atoms with van der Waals surface area (Å²) in [4.78, 5) is 0. The zero-order chi connectivity index (χ0) is 10.1. The van der Waals surface area contributed by atoms with Gasteiger partial charge in [-0.25, -0.2) is 0 Å². The van der Waals surface area contributed by atoms with E-state index in [-0.39, 0.29) is 0 Å². The van der Waals surface area contributed by atoms with Gasteiger partial charge in [0.25, 0.3) is 0 Å². The fraction of sp³-hybridized carbons (Fsp3) is 0.727. The Morgan fingerprint density at radius 1 is 1.64 bits per heavy atom. The van der Waals surface area contributed by atoms with Crippen molar-refractivity contribution in [3.8, 4) is 0 Å². The maximum absolute atomic E-state index is 4.39. The van der Waals surface area contributed by atoms with Gasteiger partial charge in [0.1, 0.15) is 0 Å². The van der Waals surface area contributed by atoms with Crippen LogP contribution in [0, 0.1) is 6.92 Å². The largest absolute Gasteiger partial charge is 0.313 e. The van der Waals surface area contributed by atoms with Gasteiger partial charge < -0.3 is 5.32 Å². The normalized spacial score (nSPS) is 24.1. The minimum Gasteiger partial charge on any atom is -0.313 e. The lowest BCUT2D eigenvalue weighted by atomic mass is 9.97. The van der Waals surface area contributed by atoms with Gasteiger partial charge in [-0.3, -0.25) is 4.68 Å². The van der Waals surface area contributed by atoms with Crippen molar-refractivity contribution >= 4 is 0 Å². The average molecular weight is 193 g/mol. The van der Waals surface area contributed by atoms with Crippen LogP contribution in [0.3, 0.4) is 0 Å². The molecule has 2 unspecified atom stereocenters. The zero-order valence-corrected chi connectivity index (χ0v) is 9.25. The number of nitrogens with zero attached hydrogens (tertiary/aromatic N) is 2. The number of aromatic nitrogens is 2. The molecule has 0 amide bonds. The SMILES string of the molecule is Cc1cc(C(C)C2CCCN2)n(C)n1. The summed E-state index contributed by atoms with van der Waals surface area (Å²) in [6.45, 7) is 5.52. The topological polar surface area (TPSA) is 29.9 Å². The maximum atomic E-state index is 4.39. The van der Waals surface area contributed by atoms with E-state index < -0.39 is 0 Å². The molecule has 0 saturated carbocycles. The van der Waals surface area contributed by atoms with Crippen LogP contribution in [0.15, 0.2) is 6.07 Å². The molecule has 14 heavy (non-hydrogen) atoms. The van der Waals surface area contributed by atoms with E-state index in [9.17, 15) is 0 Å². The van der Waals surface area contributed by atoms with Crippen molar-refractivity contribution < 1.29 is 0 Å². The minimum atomic E-state index is 0.573. The van der Waals surface area contributed by atoms with Gasteiger partial charge in [-0.05, 0) is 32.4 Å². The van der Waals surface area contributed by atoms with Crippen LogP contribution in [0.25, 0.3) is 0 Å². The van der Waals surface area contributed by atoms with Gasteiger partial charge in [-0.2, -0.15) is 5.10 Å². The van der Waals surface area contributed by atoms with Gasteiger partial charge in [0.2, 0.25) is 0 Å². The van der Waals surface area contributed by atoms with Gasteiger partial charge in [0.15, 0.2) is 0 Å². The summed E-state index contributed by atoms with van der Waals surface area (Å²) in [6.07, 6.45) is 2.61. The molecule has 0 spiro atoms. The van der Waals surface area contributed by atoms with Crippen molar-refractivity contribution in [2.45, 2.75) is 38.6 Å². The van der Waals surface area contributed by atoms with Crippen molar-refractivity contribution in [3.63, 3.8) is 0 Å². The molecule has 2 heterocycles. The van der Waals surface area contributed by atoms with Crippen LogP contribution < -0.4 is 5.32 Å². The van der Waals surface area contributed by atoms with E-state index in [2.05, 4.69) is 30.3 Å². The molecule has 1 N–H and O–H groups in total. The number of hydrogen-bond donors (Lipinski definition) is 1. The molecule has 1 aromatic rings. The first kappa shape index (κ1) is 9.71. The molecule has 1 fully saturated rings. The molecule has 0 aliphatic carbocycles. The van der Waals surface area contributed by atoms with Gasteiger partial charge in [0, 0.05) is 24.7 Å². The van der Waals surface area contributed by atoms with E-state index in [1.54, 1.807) is 0 Å². The molecule has 3 heteroatoms. The smallest absolute Gasteiger partial charge is 0.0596 e. The van der Waals surface area contributed by atoms with E-state index in [0.717, 1.165) is 5.69 Å². The molecule has 2 atom stereocenters. The first-order valence-electron chi connectivity index (χ1n) is 5.42. The Kier molecular flexibility index (Phi) is 2.59. The third-order valence-corrected chi connectivity index (χ3v) is 3.21. The lowest BCUT2D eigenvalue weighted by molar-refractivity contribution is 0.489. The molecular formula is C11H19N3. The highest BCUT2D eigenvalue weighted by molar-refractivity contribution is 5.15. The molecule has 0 bridgehead atoms. The highest BCUT2D eigenvalue weighted by Crippen LogP contribution is 2.24. The number of aryl methyl sites for hydroxylation is 2. The van der Waals surface area contributed by atoms with E-state index in [4.69, 9.17) is 0 Å². The van der Waals surface area contributed by atoms with Crippen LogP contribution in [-0.2, 0) is 7.05 Å². The third-order valence-electron chi connectivity index (χ3n) is 3.21. The van der Waals surface area contributed by atoms with E-state index >= 15 is 0 Å². The zero-order valence-electron chi connectivity index (χ0n) is 9.25. The summed E-state index contributed by atoms with van der Waals surface area (Å²) in [5.41, 5.74) is 2.47. The van der Waals surface area contributed by atoms with E-state index in [0.29, 0.717) is 12.0 Å². The summed E-state index contributed by atoms with van der Waals surface area (Å²) in [7, 11) is 2.04. The van der Waals surface area contributed by atoms with Crippen LogP contribution in [0.4, 0.5) is 0 Å². The second-order valence-electron chi connectivity index (χ2n) is 4.33. The van der Waals surface area contributed by atoms with Crippen molar-refractivity contribution in [1.82, 2.24) is 15.1 Å². The Balaban J connectivity index is 2.17. The fourth-order valence-corrected chi connectivity index (χ4v) is 2.40. The Hall–Kier alpha value is -0.830. The molecular weight excluding hydrogens is 174 g/mol. The Bertz CT molecular complexity index is 310. The molecule has 3 nitrogen and oxygen atoms in total. The van der Waals surface area contributed by atoms with Crippen LogP contribution in [0.2, 0.25) is 0 Å². The first-order chi connectivity index (χ1) is 6.68. The molecule has 0 aromatic carbocycles. The van der Waals surface area contributed by atoms with Crippen molar-refractivity contribution in [2.75, 3.05) is 6.54 Å². The molecule has 1 aliphatic heterocycles. The summed E-state index contributed by atoms with van der Waals surface area (Å²) < 4.78 is 2.01.